The van der Waals surface area contributed by atoms with Crippen LogP contribution >= 0.6 is 0 Å². The van der Waals surface area contributed by atoms with E-state index in [0.29, 0.717) is 36.8 Å². The number of halogens is 3. The summed E-state index contributed by atoms with van der Waals surface area (Å²) in [5.41, 5.74) is 0.625. The van der Waals surface area contributed by atoms with Gasteiger partial charge < -0.3 is 9.84 Å². The van der Waals surface area contributed by atoms with Crippen LogP contribution in [0, 0.1) is 23.2 Å². The molecule has 0 amide bonds. The lowest BCUT2D eigenvalue weighted by Gasteiger charge is -2.09. The number of hydrogen-bond acceptors (Lipinski definition) is 3. The summed E-state index contributed by atoms with van der Waals surface area (Å²) in [5, 5.41) is 18.5. The van der Waals surface area contributed by atoms with E-state index < -0.39 is 17.5 Å². The Bertz CT molecular complexity index is 918. The molecule has 0 atom stereocenters. The first kappa shape index (κ1) is 21.3. The monoisotopic (exact) mass is 387 g/mol. The molecule has 2 aromatic rings. The molecule has 2 aromatic carbocycles. The number of phenols is 1. The maximum absolute atomic E-state index is 13.2. The van der Waals surface area contributed by atoms with Gasteiger partial charge in [0, 0.05) is 24.3 Å². The number of phenolic OH excluding ortho intramolecular Hbond substituents is 1. The topological polar surface area (TPSA) is 53.2 Å². The minimum Gasteiger partial charge on any atom is -0.508 e. The van der Waals surface area contributed by atoms with Crippen LogP contribution in [0.1, 0.15) is 47.6 Å². The van der Waals surface area contributed by atoms with Gasteiger partial charge in [0.1, 0.15) is 5.75 Å². The fourth-order valence-corrected chi connectivity index (χ4v) is 2.61. The fraction of sp³-hybridized carbons (Fsp3) is 0.318. The number of aromatic hydroxyl groups is 1. The molecule has 6 heteroatoms. The van der Waals surface area contributed by atoms with Crippen LogP contribution in [0.5, 0.6) is 5.75 Å². The normalized spacial score (nSPS) is 10.8. The highest BCUT2D eigenvalue weighted by molar-refractivity contribution is 5.53. The molecule has 28 heavy (non-hydrogen) atoms. The molecule has 0 aliphatic rings. The molecular formula is C22H20F3NO2. The average Bonchev–Trinajstić information content (AvgIpc) is 2.66. The lowest BCUT2D eigenvalue weighted by molar-refractivity contribution is -0.137. The number of ether oxygens (including phenoxy) is 1. The van der Waals surface area contributed by atoms with E-state index in [9.17, 15) is 18.3 Å². The van der Waals surface area contributed by atoms with Gasteiger partial charge in [-0.15, -0.1) is 0 Å². The van der Waals surface area contributed by atoms with Crippen molar-refractivity contribution in [2.75, 3.05) is 13.2 Å². The quantitative estimate of drug-likeness (QED) is 0.558. The second-order valence-corrected chi connectivity index (χ2v) is 6.18. The van der Waals surface area contributed by atoms with Gasteiger partial charge in [-0.2, -0.15) is 18.4 Å². The highest BCUT2D eigenvalue weighted by Gasteiger charge is 2.33. The number of nitrogens with zero attached hydrogens (tertiary/aromatic N) is 1. The largest absolute Gasteiger partial charge is 0.508 e. The number of benzene rings is 2. The summed E-state index contributed by atoms with van der Waals surface area (Å²) in [7, 11) is 0. The average molecular weight is 387 g/mol. The highest BCUT2D eigenvalue weighted by Crippen LogP contribution is 2.33. The molecule has 1 N–H and O–H groups in total. The van der Waals surface area contributed by atoms with Crippen molar-refractivity contribution in [2.24, 2.45) is 0 Å². The molecular weight excluding hydrogens is 367 g/mol. The predicted octanol–water partition coefficient (Wildman–Crippen LogP) is 5.04. The van der Waals surface area contributed by atoms with Crippen LogP contribution in [-0.2, 0) is 17.3 Å². The molecule has 0 aromatic heterocycles. The smallest absolute Gasteiger partial charge is 0.417 e. The minimum atomic E-state index is -4.62. The van der Waals surface area contributed by atoms with E-state index in [1.54, 1.807) is 18.2 Å². The zero-order chi connectivity index (χ0) is 20.6. The van der Waals surface area contributed by atoms with Gasteiger partial charge >= 0.3 is 6.18 Å². The molecule has 0 aliphatic carbocycles. The van der Waals surface area contributed by atoms with E-state index in [2.05, 4.69) is 17.9 Å². The summed E-state index contributed by atoms with van der Waals surface area (Å²) in [6.45, 7) is 3.25. The van der Waals surface area contributed by atoms with Gasteiger partial charge in [0.25, 0.3) is 0 Å². The third-order valence-electron chi connectivity index (χ3n) is 3.96. The Hall–Kier alpha value is -2.96. The van der Waals surface area contributed by atoms with Gasteiger partial charge in [0.15, 0.2) is 0 Å². The second kappa shape index (κ2) is 9.82. The molecule has 2 rings (SSSR count). The Balaban J connectivity index is 2.31. The maximum atomic E-state index is 13.2. The van der Waals surface area contributed by atoms with E-state index in [1.807, 2.05) is 6.92 Å². The molecule has 0 radical (unpaired) electrons. The third-order valence-corrected chi connectivity index (χ3v) is 3.96. The first-order valence-electron chi connectivity index (χ1n) is 8.88. The number of nitriles is 1. The Morgan fingerprint density at radius 2 is 1.75 bits per heavy atom. The Kier molecular flexibility index (Phi) is 7.49. The Morgan fingerprint density at radius 3 is 2.43 bits per heavy atom. The van der Waals surface area contributed by atoms with Crippen LogP contribution < -0.4 is 0 Å². The molecule has 146 valence electrons. The lowest BCUT2D eigenvalue weighted by atomic mass is 9.99. The van der Waals surface area contributed by atoms with Crippen LogP contribution in [-0.4, -0.2) is 18.3 Å². The van der Waals surface area contributed by atoms with Crippen LogP contribution in [0.2, 0.25) is 0 Å². The van der Waals surface area contributed by atoms with Gasteiger partial charge in [-0.05, 0) is 61.2 Å². The lowest BCUT2D eigenvalue weighted by Crippen LogP contribution is -2.07. The molecule has 0 saturated heterocycles. The number of rotatable bonds is 6. The summed E-state index contributed by atoms with van der Waals surface area (Å²) in [5.74, 6) is 4.87. The molecule has 0 aliphatic heterocycles. The van der Waals surface area contributed by atoms with E-state index in [1.165, 1.54) is 6.07 Å². The summed E-state index contributed by atoms with van der Waals surface area (Å²) < 4.78 is 45.0. The Morgan fingerprint density at radius 1 is 1.04 bits per heavy atom. The summed E-state index contributed by atoms with van der Waals surface area (Å²) >= 11 is 0. The number of aryl methyl sites for hydroxylation is 1. The SMILES string of the molecule is CCCOCCCc1cc(C#N)ccc1C#Cc1ccc(O)cc1C(F)(F)F. The minimum absolute atomic E-state index is 0.216. The molecule has 0 saturated carbocycles. The predicted molar refractivity (Wildman–Crippen MR) is 99.7 cm³/mol. The maximum Gasteiger partial charge on any atom is 0.417 e. The van der Waals surface area contributed by atoms with Gasteiger partial charge in [0.2, 0.25) is 0 Å². The van der Waals surface area contributed by atoms with Crippen molar-refractivity contribution < 1.29 is 23.0 Å². The highest BCUT2D eigenvalue weighted by atomic mass is 19.4. The summed E-state index contributed by atoms with van der Waals surface area (Å²) in [4.78, 5) is 0. The molecule has 0 spiro atoms. The Labute approximate surface area is 162 Å². The van der Waals surface area contributed by atoms with Crippen LogP contribution in [0.4, 0.5) is 13.2 Å². The van der Waals surface area contributed by atoms with Gasteiger partial charge in [-0.25, -0.2) is 0 Å². The van der Waals surface area contributed by atoms with Crippen LogP contribution in [0.15, 0.2) is 36.4 Å². The van der Waals surface area contributed by atoms with Gasteiger partial charge in [0.05, 0.1) is 17.2 Å². The summed E-state index contributed by atoms with van der Waals surface area (Å²) in [6, 6.07) is 9.96. The molecule has 0 bridgehead atoms. The van der Waals surface area contributed by atoms with E-state index in [0.717, 1.165) is 24.5 Å². The number of hydrogen-bond donors (Lipinski definition) is 1. The first-order chi connectivity index (χ1) is 13.3. The second-order valence-electron chi connectivity index (χ2n) is 6.18. The molecule has 0 unspecified atom stereocenters. The number of alkyl halides is 3. The van der Waals surface area contributed by atoms with E-state index >= 15 is 0 Å². The molecule has 3 nitrogen and oxygen atoms in total. The molecule has 0 fully saturated rings. The van der Waals surface area contributed by atoms with Crippen molar-refractivity contribution in [3.63, 3.8) is 0 Å². The molecule has 0 heterocycles. The summed E-state index contributed by atoms with van der Waals surface area (Å²) in [6.07, 6.45) is -2.37. The first-order valence-corrected chi connectivity index (χ1v) is 8.88. The van der Waals surface area contributed by atoms with E-state index in [-0.39, 0.29) is 5.56 Å². The van der Waals surface area contributed by atoms with Crippen LogP contribution in [0.3, 0.4) is 0 Å². The zero-order valence-electron chi connectivity index (χ0n) is 15.4. The van der Waals surface area contributed by atoms with Crippen LogP contribution in [0.25, 0.3) is 0 Å². The standard InChI is InChI=1S/C22H20F3NO2/c1-2-11-28-12-3-4-19-13-16(15-26)5-6-17(19)7-8-18-9-10-20(27)14-21(18)22(23,24)25/h5-6,9-10,13-14,27H,2-4,11-12H2,1H3. The van der Waals surface area contributed by atoms with Crippen molar-refractivity contribution in [3.05, 3.63) is 64.2 Å². The third kappa shape index (κ3) is 6.04. The van der Waals surface area contributed by atoms with Crippen molar-refractivity contribution in [2.45, 2.75) is 32.4 Å². The van der Waals surface area contributed by atoms with E-state index in [4.69, 9.17) is 10.00 Å². The zero-order valence-corrected chi connectivity index (χ0v) is 15.4. The van der Waals surface area contributed by atoms with Gasteiger partial charge in [-0.1, -0.05) is 18.8 Å². The van der Waals surface area contributed by atoms with Crippen molar-refractivity contribution in [1.29, 1.82) is 5.26 Å². The fourth-order valence-electron chi connectivity index (χ4n) is 2.61. The van der Waals surface area contributed by atoms with Crippen molar-refractivity contribution in [1.82, 2.24) is 0 Å². The van der Waals surface area contributed by atoms with Crippen molar-refractivity contribution >= 4 is 0 Å². The van der Waals surface area contributed by atoms with Crippen molar-refractivity contribution in [3.8, 4) is 23.7 Å². The van der Waals surface area contributed by atoms with Gasteiger partial charge in [-0.3, -0.25) is 0 Å².